The van der Waals surface area contributed by atoms with Crippen LogP contribution >= 0.6 is 11.3 Å². The monoisotopic (exact) mass is 313 g/mol. The van der Waals surface area contributed by atoms with Crippen LogP contribution in [-0.2, 0) is 4.79 Å². The highest BCUT2D eigenvalue weighted by molar-refractivity contribution is 7.25. The summed E-state index contributed by atoms with van der Waals surface area (Å²) >= 11 is 1.74. The summed E-state index contributed by atoms with van der Waals surface area (Å²) in [5.41, 5.74) is 0.950. The molecule has 114 valence electrons. The Labute approximate surface area is 133 Å². The predicted molar refractivity (Wildman–Crippen MR) is 91.3 cm³/mol. The van der Waals surface area contributed by atoms with Gasteiger partial charge in [-0.1, -0.05) is 37.3 Å². The molecule has 1 unspecified atom stereocenters. The molecule has 0 spiro atoms. The minimum atomic E-state index is -0.339. The van der Waals surface area contributed by atoms with Gasteiger partial charge in [-0.2, -0.15) is 0 Å². The molecule has 0 saturated heterocycles. The highest BCUT2D eigenvalue weighted by atomic mass is 32.1. The number of fused-ring (bicyclic) bond motifs is 3. The summed E-state index contributed by atoms with van der Waals surface area (Å²) in [6, 6.07) is 14.1. The van der Waals surface area contributed by atoms with Crippen LogP contribution in [0.5, 0.6) is 0 Å². The third-order valence-corrected chi connectivity index (χ3v) is 5.11. The summed E-state index contributed by atoms with van der Waals surface area (Å²) in [7, 11) is 0. The second-order valence-electron chi connectivity index (χ2n) is 5.52. The van der Waals surface area contributed by atoms with Gasteiger partial charge in [0.05, 0.1) is 6.04 Å². The standard InChI is InChI=1S/C18H19NO2S/c1-3-6-18(20)19(21)12(2)13-9-10-15-14-7-4-5-8-16(14)22-17(15)11-13/h4-5,7-12,21H,3,6H2,1-2H3. The smallest absolute Gasteiger partial charge is 0.246 e. The lowest BCUT2D eigenvalue weighted by Crippen LogP contribution is -2.29. The average Bonchev–Trinajstić information content (AvgIpc) is 2.91. The van der Waals surface area contributed by atoms with Crippen LogP contribution < -0.4 is 0 Å². The van der Waals surface area contributed by atoms with Gasteiger partial charge in [0.25, 0.3) is 0 Å². The van der Waals surface area contributed by atoms with E-state index >= 15 is 0 Å². The van der Waals surface area contributed by atoms with E-state index in [9.17, 15) is 10.0 Å². The van der Waals surface area contributed by atoms with Crippen LogP contribution in [0.2, 0.25) is 0 Å². The Balaban J connectivity index is 1.98. The maximum atomic E-state index is 11.8. The third kappa shape index (κ3) is 2.60. The first kappa shape index (κ1) is 15.0. The quantitative estimate of drug-likeness (QED) is 0.535. The van der Waals surface area contributed by atoms with E-state index in [0.717, 1.165) is 17.0 Å². The SMILES string of the molecule is CCCC(=O)N(O)C(C)c1ccc2c(c1)sc1ccccc12. The van der Waals surface area contributed by atoms with E-state index < -0.39 is 0 Å². The first-order valence-corrected chi connectivity index (χ1v) is 8.35. The van der Waals surface area contributed by atoms with Gasteiger partial charge in [0.2, 0.25) is 5.91 Å². The van der Waals surface area contributed by atoms with Gasteiger partial charge < -0.3 is 0 Å². The van der Waals surface area contributed by atoms with E-state index in [4.69, 9.17) is 0 Å². The van der Waals surface area contributed by atoms with Gasteiger partial charge in [-0.15, -0.1) is 11.3 Å². The number of thiophene rings is 1. The molecule has 0 fully saturated rings. The molecule has 22 heavy (non-hydrogen) atoms. The van der Waals surface area contributed by atoms with E-state index in [0.29, 0.717) is 6.42 Å². The molecule has 0 aliphatic heterocycles. The molecule has 1 amide bonds. The molecule has 0 aliphatic rings. The summed E-state index contributed by atoms with van der Waals surface area (Å²) < 4.78 is 2.44. The fourth-order valence-corrected chi connectivity index (χ4v) is 3.84. The Morgan fingerprint density at radius 1 is 1.18 bits per heavy atom. The van der Waals surface area contributed by atoms with Crippen molar-refractivity contribution in [3.8, 4) is 0 Å². The van der Waals surface area contributed by atoms with Crippen LogP contribution in [0.3, 0.4) is 0 Å². The van der Waals surface area contributed by atoms with E-state index in [-0.39, 0.29) is 11.9 Å². The van der Waals surface area contributed by atoms with E-state index in [1.807, 2.05) is 32.0 Å². The molecule has 0 aliphatic carbocycles. The van der Waals surface area contributed by atoms with E-state index in [2.05, 4.69) is 24.3 Å². The van der Waals surface area contributed by atoms with Gasteiger partial charge in [0, 0.05) is 26.6 Å². The van der Waals surface area contributed by atoms with E-state index in [1.54, 1.807) is 11.3 Å². The fraction of sp³-hybridized carbons (Fsp3) is 0.278. The van der Waals surface area contributed by atoms with Crippen molar-refractivity contribution in [3.05, 3.63) is 48.0 Å². The molecule has 1 aromatic heterocycles. The van der Waals surface area contributed by atoms with Crippen LogP contribution in [0, 0.1) is 0 Å². The van der Waals surface area contributed by atoms with Crippen molar-refractivity contribution in [2.75, 3.05) is 0 Å². The Morgan fingerprint density at radius 3 is 2.68 bits per heavy atom. The first-order chi connectivity index (χ1) is 10.6. The van der Waals surface area contributed by atoms with Crippen LogP contribution in [0.1, 0.15) is 38.3 Å². The van der Waals surface area contributed by atoms with E-state index in [1.165, 1.54) is 20.2 Å². The van der Waals surface area contributed by atoms with Crippen LogP contribution in [0.4, 0.5) is 0 Å². The third-order valence-electron chi connectivity index (χ3n) is 3.97. The number of hydrogen-bond donors (Lipinski definition) is 1. The van der Waals surface area contributed by atoms with Gasteiger partial charge in [-0.3, -0.25) is 10.0 Å². The maximum Gasteiger partial charge on any atom is 0.246 e. The fourth-order valence-electron chi connectivity index (χ4n) is 2.69. The zero-order valence-corrected chi connectivity index (χ0v) is 13.6. The van der Waals surface area contributed by atoms with Crippen LogP contribution in [-0.4, -0.2) is 16.2 Å². The molecule has 3 aromatic rings. The number of carbonyl (C=O) groups is 1. The number of hydrogen-bond acceptors (Lipinski definition) is 3. The van der Waals surface area contributed by atoms with Gasteiger partial charge in [-0.05, 0) is 31.0 Å². The number of benzene rings is 2. The highest BCUT2D eigenvalue weighted by Crippen LogP contribution is 2.35. The van der Waals surface area contributed by atoms with Gasteiger partial charge in [-0.25, -0.2) is 5.06 Å². The number of hydroxylamine groups is 2. The maximum absolute atomic E-state index is 11.8. The Kier molecular flexibility index (Phi) is 4.14. The van der Waals surface area contributed by atoms with Crippen molar-refractivity contribution in [1.82, 2.24) is 5.06 Å². The minimum Gasteiger partial charge on any atom is -0.285 e. The first-order valence-electron chi connectivity index (χ1n) is 7.54. The summed E-state index contributed by atoms with van der Waals surface area (Å²) in [5, 5.41) is 13.4. The molecule has 4 heteroatoms. The molecule has 3 rings (SSSR count). The van der Waals surface area contributed by atoms with Gasteiger partial charge >= 0.3 is 0 Å². The molecule has 2 aromatic carbocycles. The van der Waals surface area contributed by atoms with Crippen molar-refractivity contribution < 1.29 is 10.0 Å². The molecule has 0 bridgehead atoms. The van der Waals surface area contributed by atoms with Crippen LogP contribution in [0.25, 0.3) is 20.2 Å². The zero-order valence-electron chi connectivity index (χ0n) is 12.7. The van der Waals surface area contributed by atoms with Crippen molar-refractivity contribution in [3.63, 3.8) is 0 Å². The number of amides is 1. The topological polar surface area (TPSA) is 40.5 Å². The highest BCUT2D eigenvalue weighted by Gasteiger charge is 2.19. The summed E-state index contributed by atoms with van der Waals surface area (Å²) in [5.74, 6) is -0.230. The molecule has 1 atom stereocenters. The number of nitrogens with zero attached hydrogens (tertiary/aromatic N) is 1. The molecule has 0 saturated carbocycles. The molecule has 1 heterocycles. The average molecular weight is 313 g/mol. The Bertz CT molecular complexity index is 824. The zero-order chi connectivity index (χ0) is 15.7. The van der Waals surface area contributed by atoms with Gasteiger partial charge in [0.15, 0.2) is 0 Å². The largest absolute Gasteiger partial charge is 0.285 e. The molecule has 3 nitrogen and oxygen atoms in total. The van der Waals surface area contributed by atoms with Crippen molar-refractivity contribution in [2.24, 2.45) is 0 Å². The number of rotatable bonds is 4. The molecule has 1 N–H and O–H groups in total. The van der Waals surface area contributed by atoms with Gasteiger partial charge in [0.1, 0.15) is 0 Å². The van der Waals surface area contributed by atoms with Crippen molar-refractivity contribution in [1.29, 1.82) is 0 Å². The lowest BCUT2D eigenvalue weighted by Gasteiger charge is -2.22. The second-order valence-corrected chi connectivity index (χ2v) is 6.60. The van der Waals surface area contributed by atoms with Crippen molar-refractivity contribution in [2.45, 2.75) is 32.7 Å². The Hall–Kier alpha value is -1.91. The summed E-state index contributed by atoms with van der Waals surface area (Å²) in [6.07, 6.45) is 1.10. The molecular weight excluding hydrogens is 294 g/mol. The normalized spacial score (nSPS) is 12.7. The predicted octanol–water partition coefficient (Wildman–Crippen LogP) is 5.13. The molecular formula is C18H19NO2S. The minimum absolute atomic E-state index is 0.230. The lowest BCUT2D eigenvalue weighted by atomic mass is 10.0. The van der Waals surface area contributed by atoms with Crippen LogP contribution in [0.15, 0.2) is 42.5 Å². The summed E-state index contributed by atoms with van der Waals surface area (Å²) in [6.45, 7) is 3.78. The lowest BCUT2D eigenvalue weighted by molar-refractivity contribution is -0.175. The number of carbonyl (C=O) groups excluding carboxylic acids is 1. The van der Waals surface area contributed by atoms with Crippen molar-refractivity contribution >= 4 is 37.4 Å². The molecule has 0 radical (unpaired) electrons. The second kappa shape index (κ2) is 6.07. The Morgan fingerprint density at radius 2 is 1.91 bits per heavy atom. The summed E-state index contributed by atoms with van der Waals surface area (Å²) in [4.78, 5) is 11.8.